The van der Waals surface area contributed by atoms with Gasteiger partial charge in [-0.25, -0.2) is 4.98 Å². The minimum absolute atomic E-state index is 0.0368. The van der Waals surface area contributed by atoms with Crippen LogP contribution in [0.5, 0.6) is 0 Å². The molecule has 6 nitrogen and oxygen atoms in total. The molecule has 4 heterocycles. The van der Waals surface area contributed by atoms with E-state index in [2.05, 4.69) is 15.2 Å². The molecule has 134 valence electrons. The Morgan fingerprint density at radius 1 is 1.20 bits per heavy atom. The second-order valence-corrected chi connectivity index (χ2v) is 7.39. The van der Waals surface area contributed by atoms with E-state index in [1.54, 1.807) is 0 Å². The fourth-order valence-corrected chi connectivity index (χ4v) is 3.96. The molecule has 1 atom stereocenters. The first-order valence-corrected chi connectivity index (χ1v) is 9.44. The summed E-state index contributed by atoms with van der Waals surface area (Å²) in [4.78, 5) is 21.7. The zero-order valence-electron chi connectivity index (χ0n) is 14.3. The largest absolute Gasteiger partial charge is 0.340 e. The molecule has 0 aromatic carbocycles. The van der Waals surface area contributed by atoms with E-state index in [-0.39, 0.29) is 11.9 Å². The van der Waals surface area contributed by atoms with Crippen molar-refractivity contribution in [2.24, 2.45) is 0 Å². The average Bonchev–Trinajstić information content (AvgIpc) is 3.20. The zero-order chi connectivity index (χ0) is 17.2. The van der Waals surface area contributed by atoms with Crippen molar-refractivity contribution in [1.29, 1.82) is 0 Å². The summed E-state index contributed by atoms with van der Waals surface area (Å²) in [5.74, 6) is 0.279. The number of nitrogens with zero attached hydrogens (tertiary/aromatic N) is 4. The molecule has 2 aliphatic rings. The van der Waals surface area contributed by atoms with Crippen LogP contribution >= 0.6 is 11.6 Å². The number of nitrogens with one attached hydrogen (secondary N) is 1. The number of carbonyl (C=O) groups excluding carboxylic acids is 1. The van der Waals surface area contributed by atoms with Crippen molar-refractivity contribution in [3.8, 4) is 0 Å². The van der Waals surface area contributed by atoms with Crippen LogP contribution in [0.15, 0.2) is 24.5 Å². The first kappa shape index (κ1) is 16.8. The van der Waals surface area contributed by atoms with Gasteiger partial charge in [-0.05, 0) is 37.9 Å². The number of amides is 1. The molecule has 2 saturated heterocycles. The maximum Gasteiger partial charge on any atom is 0.239 e. The number of imidazole rings is 1. The number of fused-ring (bicyclic) bond motifs is 1. The third-order valence-electron chi connectivity index (χ3n) is 5.11. The predicted molar refractivity (Wildman–Crippen MR) is 97.7 cm³/mol. The van der Waals surface area contributed by atoms with Crippen LogP contribution in [0.25, 0.3) is 5.65 Å². The fourth-order valence-electron chi connectivity index (χ4n) is 3.79. The molecular weight excluding hydrogens is 338 g/mol. The number of hydrogen-bond donors (Lipinski definition) is 1. The highest BCUT2D eigenvalue weighted by Gasteiger charge is 2.28. The second-order valence-electron chi connectivity index (χ2n) is 6.95. The normalized spacial score (nSPS) is 22.4. The molecule has 1 unspecified atom stereocenters. The lowest BCUT2D eigenvalue weighted by Crippen LogP contribution is -2.45. The van der Waals surface area contributed by atoms with Crippen LogP contribution in [-0.4, -0.2) is 63.9 Å². The topological polar surface area (TPSA) is 52.9 Å². The molecule has 0 bridgehead atoms. The van der Waals surface area contributed by atoms with E-state index in [1.165, 1.54) is 0 Å². The van der Waals surface area contributed by atoms with Crippen LogP contribution in [0.2, 0.25) is 5.02 Å². The van der Waals surface area contributed by atoms with Gasteiger partial charge in [0.1, 0.15) is 5.65 Å². The summed E-state index contributed by atoms with van der Waals surface area (Å²) in [6.45, 7) is 5.32. The van der Waals surface area contributed by atoms with Crippen LogP contribution in [-0.2, 0) is 11.3 Å². The Bertz CT molecular complexity index is 755. The van der Waals surface area contributed by atoms with Gasteiger partial charge in [-0.1, -0.05) is 11.6 Å². The lowest BCUT2D eigenvalue weighted by Gasteiger charge is -2.24. The van der Waals surface area contributed by atoms with Gasteiger partial charge in [0.2, 0.25) is 5.91 Å². The Morgan fingerprint density at radius 3 is 2.96 bits per heavy atom. The van der Waals surface area contributed by atoms with E-state index in [0.717, 1.165) is 69.9 Å². The van der Waals surface area contributed by atoms with Gasteiger partial charge in [-0.2, -0.15) is 0 Å². The third kappa shape index (κ3) is 3.81. The van der Waals surface area contributed by atoms with Crippen molar-refractivity contribution < 1.29 is 4.79 Å². The van der Waals surface area contributed by atoms with Crippen LogP contribution < -0.4 is 5.32 Å². The molecule has 2 aromatic rings. The van der Waals surface area contributed by atoms with Crippen molar-refractivity contribution in [2.45, 2.75) is 31.8 Å². The van der Waals surface area contributed by atoms with Gasteiger partial charge < -0.3 is 14.6 Å². The maximum absolute atomic E-state index is 12.6. The minimum atomic E-state index is 0.0368. The van der Waals surface area contributed by atoms with Crippen molar-refractivity contribution in [2.75, 3.05) is 32.7 Å². The highest BCUT2D eigenvalue weighted by atomic mass is 35.5. The lowest BCUT2D eigenvalue weighted by atomic mass is 10.2. The number of pyridine rings is 1. The number of hydrogen-bond acceptors (Lipinski definition) is 4. The summed E-state index contributed by atoms with van der Waals surface area (Å²) in [6, 6.07) is 3.83. The van der Waals surface area contributed by atoms with E-state index in [1.807, 2.05) is 33.8 Å². The zero-order valence-corrected chi connectivity index (χ0v) is 15.1. The summed E-state index contributed by atoms with van der Waals surface area (Å²) in [7, 11) is 0. The fraction of sp³-hybridized carbons (Fsp3) is 0.556. The molecule has 1 N–H and O–H groups in total. The molecule has 7 heteroatoms. The number of halogens is 1. The standard InChI is InChI=1S/C18H24ClN5O/c19-14-4-5-17-21-15(13-24(17)11-14)12-22-7-2-8-23(10-9-22)18(25)16-3-1-6-20-16/h4-5,11,13,16,20H,1-3,6-10,12H2. The van der Waals surface area contributed by atoms with Gasteiger partial charge >= 0.3 is 0 Å². The molecule has 2 aliphatic heterocycles. The predicted octanol–water partition coefficient (Wildman–Crippen LogP) is 1.77. The maximum atomic E-state index is 12.6. The SMILES string of the molecule is O=C(C1CCCN1)N1CCCN(Cc2cn3cc(Cl)ccc3n2)CC1. The molecular formula is C18H24ClN5O. The number of rotatable bonds is 3. The summed E-state index contributed by atoms with van der Waals surface area (Å²) in [5, 5.41) is 4.03. The quantitative estimate of drug-likeness (QED) is 0.905. The van der Waals surface area contributed by atoms with Crippen LogP contribution in [0, 0.1) is 0 Å². The third-order valence-corrected chi connectivity index (χ3v) is 5.33. The Labute approximate surface area is 152 Å². The number of aromatic nitrogens is 2. The van der Waals surface area contributed by atoms with E-state index < -0.39 is 0 Å². The Kier molecular flexibility index (Phi) is 4.92. The highest BCUT2D eigenvalue weighted by Crippen LogP contribution is 2.15. The van der Waals surface area contributed by atoms with Gasteiger partial charge in [0.25, 0.3) is 0 Å². The van der Waals surface area contributed by atoms with Gasteiger partial charge in [0, 0.05) is 45.1 Å². The molecule has 0 saturated carbocycles. The lowest BCUT2D eigenvalue weighted by molar-refractivity contribution is -0.132. The number of carbonyl (C=O) groups is 1. The van der Waals surface area contributed by atoms with Gasteiger partial charge in [0.05, 0.1) is 16.8 Å². The summed E-state index contributed by atoms with van der Waals surface area (Å²) < 4.78 is 1.97. The van der Waals surface area contributed by atoms with Crippen LogP contribution in [0.4, 0.5) is 0 Å². The molecule has 0 radical (unpaired) electrons. The van der Waals surface area contributed by atoms with Gasteiger partial charge in [0.15, 0.2) is 0 Å². The van der Waals surface area contributed by atoms with Crippen LogP contribution in [0.1, 0.15) is 25.0 Å². The Balaban J connectivity index is 1.37. The first-order valence-electron chi connectivity index (χ1n) is 9.07. The van der Waals surface area contributed by atoms with Gasteiger partial charge in [-0.15, -0.1) is 0 Å². The summed E-state index contributed by atoms with van der Waals surface area (Å²) in [5.41, 5.74) is 1.96. The van der Waals surface area contributed by atoms with Crippen molar-refractivity contribution in [3.05, 3.63) is 35.2 Å². The second kappa shape index (κ2) is 7.32. The van der Waals surface area contributed by atoms with Crippen molar-refractivity contribution >= 4 is 23.2 Å². The first-order chi connectivity index (χ1) is 12.2. The molecule has 2 aromatic heterocycles. The molecule has 1 amide bonds. The van der Waals surface area contributed by atoms with Crippen LogP contribution in [0.3, 0.4) is 0 Å². The monoisotopic (exact) mass is 361 g/mol. The van der Waals surface area contributed by atoms with E-state index >= 15 is 0 Å². The Hall–Kier alpha value is -1.63. The smallest absolute Gasteiger partial charge is 0.239 e. The van der Waals surface area contributed by atoms with Crippen molar-refractivity contribution in [1.82, 2.24) is 24.5 Å². The molecule has 25 heavy (non-hydrogen) atoms. The van der Waals surface area contributed by atoms with Crippen molar-refractivity contribution in [3.63, 3.8) is 0 Å². The highest BCUT2D eigenvalue weighted by molar-refractivity contribution is 6.30. The minimum Gasteiger partial charge on any atom is -0.340 e. The molecule has 4 rings (SSSR count). The van der Waals surface area contributed by atoms with E-state index in [4.69, 9.17) is 11.6 Å². The summed E-state index contributed by atoms with van der Waals surface area (Å²) >= 11 is 6.04. The average molecular weight is 362 g/mol. The molecule has 2 fully saturated rings. The summed E-state index contributed by atoms with van der Waals surface area (Å²) in [6.07, 6.45) is 7.01. The van der Waals surface area contributed by atoms with Gasteiger partial charge in [-0.3, -0.25) is 9.69 Å². The molecule has 0 aliphatic carbocycles. The van der Waals surface area contributed by atoms with E-state index in [0.29, 0.717) is 5.02 Å². The molecule has 0 spiro atoms. The Morgan fingerprint density at radius 2 is 2.12 bits per heavy atom. The van der Waals surface area contributed by atoms with E-state index in [9.17, 15) is 4.79 Å².